The van der Waals surface area contributed by atoms with Gasteiger partial charge >= 0.3 is 0 Å². The maximum absolute atomic E-state index is 14.9. The summed E-state index contributed by atoms with van der Waals surface area (Å²) in [5.74, 6) is 6.12. The van der Waals surface area contributed by atoms with Crippen molar-refractivity contribution in [1.29, 1.82) is 0 Å². The van der Waals surface area contributed by atoms with Crippen LogP contribution in [0.2, 0.25) is 0 Å². The minimum absolute atomic E-state index is 0.0599. The number of carbonyl (C=O) groups excluding carboxylic acids is 1. The number of pyridine rings is 1. The molecule has 0 saturated carbocycles. The average molecular weight is 547 g/mol. The van der Waals surface area contributed by atoms with Crippen LogP contribution in [0.3, 0.4) is 0 Å². The van der Waals surface area contributed by atoms with Gasteiger partial charge in [-0.05, 0) is 49.1 Å². The fraction of sp³-hybridized carbons (Fsp3) is 0.207. The second kappa shape index (κ2) is 13.1. The van der Waals surface area contributed by atoms with E-state index in [1.165, 1.54) is 23.5 Å². The van der Waals surface area contributed by atoms with E-state index in [2.05, 4.69) is 46.2 Å². The molecule has 2 aromatic heterocycles. The third-order valence-corrected chi connectivity index (χ3v) is 6.91. The number of halogens is 1. The lowest BCUT2D eigenvalue weighted by atomic mass is 10.1. The summed E-state index contributed by atoms with van der Waals surface area (Å²) in [6.45, 7) is 6.82. The molecule has 4 aromatic rings. The standard InChI is InChI=1S/C29H27FN4O2S2/c1-3-34(4-2)16-8-11-22-19-24-28(38-22)26(14-15-31-24)36-25-13-12-21(18-23(25)30)32-29(37)33-27(35)17-20-9-6-5-7-10-20/h5-7,9-10,12-15,18-19H,3-4,16-17H2,1-2H3,(H2,32,33,35,37). The number of thiophene rings is 1. The van der Waals surface area contributed by atoms with E-state index < -0.39 is 5.82 Å². The number of hydrogen-bond donors (Lipinski definition) is 2. The Balaban J connectivity index is 1.40. The van der Waals surface area contributed by atoms with Gasteiger partial charge in [-0.15, -0.1) is 11.3 Å². The normalized spacial score (nSPS) is 10.6. The highest BCUT2D eigenvalue weighted by Gasteiger charge is 2.13. The fourth-order valence-electron chi connectivity index (χ4n) is 3.64. The highest BCUT2D eigenvalue weighted by molar-refractivity contribution is 7.80. The molecule has 0 aliphatic rings. The number of thiocarbonyl (C=S) groups is 1. The second-order valence-electron chi connectivity index (χ2n) is 8.31. The molecule has 1 amide bonds. The van der Waals surface area contributed by atoms with E-state index in [1.54, 1.807) is 18.3 Å². The number of fused-ring (bicyclic) bond motifs is 1. The first-order chi connectivity index (χ1) is 18.4. The topological polar surface area (TPSA) is 66.5 Å². The van der Waals surface area contributed by atoms with Gasteiger partial charge in [-0.2, -0.15) is 0 Å². The maximum atomic E-state index is 14.9. The van der Waals surface area contributed by atoms with Crippen molar-refractivity contribution < 1.29 is 13.9 Å². The Kier molecular flexibility index (Phi) is 9.38. The maximum Gasteiger partial charge on any atom is 0.230 e. The average Bonchev–Trinajstić information content (AvgIpc) is 3.32. The number of nitrogens with one attached hydrogen (secondary N) is 2. The van der Waals surface area contributed by atoms with E-state index in [1.807, 2.05) is 36.4 Å². The van der Waals surface area contributed by atoms with Gasteiger partial charge in [0, 0.05) is 24.0 Å². The molecule has 4 rings (SSSR count). The van der Waals surface area contributed by atoms with Crippen LogP contribution in [0.1, 0.15) is 24.3 Å². The summed E-state index contributed by atoms with van der Waals surface area (Å²) in [6, 6.07) is 17.4. The smallest absolute Gasteiger partial charge is 0.230 e. The summed E-state index contributed by atoms with van der Waals surface area (Å²) in [4.78, 5) is 19.7. The Labute approximate surface area is 230 Å². The number of nitrogens with zero attached hydrogens (tertiary/aromatic N) is 2. The third kappa shape index (κ3) is 7.35. The summed E-state index contributed by atoms with van der Waals surface area (Å²) in [5, 5.41) is 5.53. The summed E-state index contributed by atoms with van der Waals surface area (Å²) >= 11 is 6.67. The first-order valence-corrected chi connectivity index (χ1v) is 13.4. The first kappa shape index (κ1) is 27.2. The van der Waals surface area contributed by atoms with Crippen LogP contribution < -0.4 is 15.4 Å². The molecule has 2 N–H and O–H groups in total. The third-order valence-electron chi connectivity index (χ3n) is 5.65. The van der Waals surface area contributed by atoms with Crippen LogP contribution in [0.25, 0.3) is 10.2 Å². The van der Waals surface area contributed by atoms with Crippen molar-refractivity contribution in [3.63, 3.8) is 0 Å². The zero-order valence-corrected chi connectivity index (χ0v) is 22.7. The molecular formula is C29H27FN4O2S2. The summed E-state index contributed by atoms with van der Waals surface area (Å²) in [5.41, 5.74) is 2.01. The zero-order valence-electron chi connectivity index (χ0n) is 21.1. The van der Waals surface area contributed by atoms with Gasteiger partial charge < -0.3 is 15.4 Å². The summed E-state index contributed by atoms with van der Waals surface area (Å²) < 4.78 is 21.6. The van der Waals surface area contributed by atoms with Gasteiger partial charge in [0.2, 0.25) is 5.91 Å². The monoisotopic (exact) mass is 546 g/mol. The molecule has 2 heterocycles. The molecule has 0 spiro atoms. The molecule has 0 bridgehead atoms. The molecule has 0 radical (unpaired) electrons. The van der Waals surface area contributed by atoms with Crippen LogP contribution in [0.5, 0.6) is 11.5 Å². The van der Waals surface area contributed by atoms with E-state index in [0.29, 0.717) is 18.0 Å². The van der Waals surface area contributed by atoms with Gasteiger partial charge in [-0.1, -0.05) is 56.0 Å². The van der Waals surface area contributed by atoms with Gasteiger partial charge in [0.1, 0.15) is 5.75 Å². The molecule has 38 heavy (non-hydrogen) atoms. The number of carbonyl (C=O) groups is 1. The molecule has 9 heteroatoms. The number of ether oxygens (including phenoxy) is 1. The van der Waals surface area contributed by atoms with E-state index >= 15 is 0 Å². The first-order valence-electron chi connectivity index (χ1n) is 12.2. The minimum atomic E-state index is -0.575. The van der Waals surface area contributed by atoms with E-state index in [-0.39, 0.29) is 23.2 Å². The molecule has 6 nitrogen and oxygen atoms in total. The minimum Gasteiger partial charge on any atom is -0.453 e. The van der Waals surface area contributed by atoms with Crippen molar-refractivity contribution in [3.05, 3.63) is 83.1 Å². The van der Waals surface area contributed by atoms with Crippen LogP contribution in [-0.4, -0.2) is 40.5 Å². The summed E-state index contributed by atoms with van der Waals surface area (Å²) in [6.07, 6.45) is 1.82. The number of aromatic nitrogens is 1. The van der Waals surface area contributed by atoms with Crippen molar-refractivity contribution in [3.8, 4) is 23.3 Å². The molecule has 2 aromatic carbocycles. The molecule has 0 unspecified atom stereocenters. The fourth-order valence-corrected chi connectivity index (χ4v) is 4.81. The molecule has 194 valence electrons. The Bertz CT molecular complexity index is 1490. The van der Waals surface area contributed by atoms with Crippen LogP contribution in [0, 0.1) is 17.7 Å². The summed E-state index contributed by atoms with van der Waals surface area (Å²) in [7, 11) is 0. The predicted molar refractivity (Wildman–Crippen MR) is 155 cm³/mol. The molecule has 0 aliphatic heterocycles. The highest BCUT2D eigenvalue weighted by Crippen LogP contribution is 2.35. The van der Waals surface area contributed by atoms with Gasteiger partial charge in [0.25, 0.3) is 0 Å². The number of anilines is 1. The van der Waals surface area contributed by atoms with Crippen molar-refractivity contribution in [1.82, 2.24) is 15.2 Å². The quantitative estimate of drug-likeness (QED) is 0.210. The van der Waals surface area contributed by atoms with E-state index in [0.717, 1.165) is 33.7 Å². The number of benzene rings is 2. The van der Waals surface area contributed by atoms with E-state index in [9.17, 15) is 9.18 Å². The Morgan fingerprint density at radius 3 is 2.63 bits per heavy atom. The lowest BCUT2D eigenvalue weighted by Crippen LogP contribution is -2.35. The van der Waals surface area contributed by atoms with Crippen molar-refractivity contribution in [2.45, 2.75) is 20.3 Å². The van der Waals surface area contributed by atoms with Crippen LogP contribution in [-0.2, 0) is 11.2 Å². The molecular weight excluding hydrogens is 519 g/mol. The highest BCUT2D eigenvalue weighted by atomic mass is 32.1. The molecule has 0 fully saturated rings. The number of amides is 1. The van der Waals surface area contributed by atoms with Crippen molar-refractivity contribution in [2.75, 3.05) is 25.0 Å². The Morgan fingerprint density at radius 1 is 1.11 bits per heavy atom. The molecule has 0 atom stereocenters. The van der Waals surface area contributed by atoms with Gasteiger partial charge in [-0.25, -0.2) is 4.39 Å². The lowest BCUT2D eigenvalue weighted by Gasteiger charge is -2.12. The van der Waals surface area contributed by atoms with Gasteiger partial charge in [-0.3, -0.25) is 14.7 Å². The molecule has 0 saturated heterocycles. The Hall–Kier alpha value is -3.84. The predicted octanol–water partition coefficient (Wildman–Crippen LogP) is 5.98. The van der Waals surface area contributed by atoms with Crippen molar-refractivity contribution in [2.24, 2.45) is 0 Å². The van der Waals surface area contributed by atoms with Crippen LogP contribution in [0.4, 0.5) is 10.1 Å². The largest absolute Gasteiger partial charge is 0.453 e. The second-order valence-corrected chi connectivity index (χ2v) is 9.77. The van der Waals surface area contributed by atoms with Crippen LogP contribution in [0.15, 0.2) is 66.9 Å². The Morgan fingerprint density at radius 2 is 1.89 bits per heavy atom. The lowest BCUT2D eigenvalue weighted by molar-refractivity contribution is -0.119. The zero-order chi connectivity index (χ0) is 26.9. The number of hydrogen-bond acceptors (Lipinski definition) is 6. The molecule has 0 aliphatic carbocycles. The SMILES string of the molecule is CCN(CC)CC#Cc1cc2nccc(Oc3ccc(NC(=S)NC(=O)Cc4ccccc4)cc3F)c2s1. The van der Waals surface area contributed by atoms with Crippen molar-refractivity contribution >= 4 is 50.5 Å². The van der Waals surface area contributed by atoms with Gasteiger partial charge in [0.15, 0.2) is 16.7 Å². The number of rotatable bonds is 8. The van der Waals surface area contributed by atoms with E-state index in [4.69, 9.17) is 17.0 Å². The van der Waals surface area contributed by atoms with Crippen LogP contribution >= 0.6 is 23.6 Å². The van der Waals surface area contributed by atoms with Gasteiger partial charge in [0.05, 0.1) is 28.1 Å².